The van der Waals surface area contributed by atoms with Crippen LogP contribution in [0.15, 0.2) is 0 Å². The van der Waals surface area contributed by atoms with Gasteiger partial charge in [0, 0.05) is 12.8 Å². The van der Waals surface area contributed by atoms with Crippen molar-refractivity contribution in [2.45, 2.75) is 95.7 Å². The molecule has 2 N–H and O–H groups in total. The molecule has 0 saturated carbocycles. The molecule has 2 heterocycles. The molecule has 27 heavy (non-hydrogen) atoms. The Morgan fingerprint density at radius 2 is 1.15 bits per heavy atom. The van der Waals surface area contributed by atoms with E-state index in [1.807, 2.05) is 0 Å². The molecule has 2 aliphatic heterocycles. The standard InChI is InChI=1S/C21H36O6/c22-18(6-1-4-16-10-12-26-20(24)14-16)8-3-9-19(23)7-2-5-17-11-13-27-21(25)15-17/h16-19,22-23H,1-15H2. The summed E-state index contributed by atoms with van der Waals surface area (Å²) < 4.78 is 9.89. The van der Waals surface area contributed by atoms with Gasteiger partial charge >= 0.3 is 11.9 Å². The summed E-state index contributed by atoms with van der Waals surface area (Å²) in [7, 11) is 0. The Kier molecular flexibility index (Phi) is 10.1. The van der Waals surface area contributed by atoms with E-state index in [2.05, 4.69) is 0 Å². The second-order valence-electron chi connectivity index (χ2n) is 8.26. The number of hydrogen-bond donors (Lipinski definition) is 2. The Morgan fingerprint density at radius 1 is 0.741 bits per heavy atom. The molecule has 2 saturated heterocycles. The number of hydrogen-bond acceptors (Lipinski definition) is 6. The Hall–Kier alpha value is -1.14. The first-order valence-electron chi connectivity index (χ1n) is 10.7. The van der Waals surface area contributed by atoms with E-state index in [4.69, 9.17) is 9.47 Å². The number of carbonyl (C=O) groups excluding carboxylic acids is 2. The van der Waals surface area contributed by atoms with Crippen LogP contribution < -0.4 is 0 Å². The number of aliphatic hydroxyl groups is 2. The van der Waals surface area contributed by atoms with E-state index in [-0.39, 0.29) is 24.1 Å². The highest BCUT2D eigenvalue weighted by Crippen LogP contribution is 2.24. The molecule has 0 aromatic rings. The molecule has 0 amide bonds. The van der Waals surface area contributed by atoms with Crippen molar-refractivity contribution in [3.63, 3.8) is 0 Å². The van der Waals surface area contributed by atoms with Crippen LogP contribution in [0, 0.1) is 11.8 Å². The van der Waals surface area contributed by atoms with Crippen LogP contribution in [-0.4, -0.2) is 47.6 Å². The van der Waals surface area contributed by atoms with Crippen molar-refractivity contribution in [3.8, 4) is 0 Å². The average molecular weight is 385 g/mol. The van der Waals surface area contributed by atoms with Gasteiger partial charge in [-0.05, 0) is 69.6 Å². The lowest BCUT2D eigenvalue weighted by atomic mass is 9.92. The zero-order valence-corrected chi connectivity index (χ0v) is 16.4. The Morgan fingerprint density at radius 3 is 1.56 bits per heavy atom. The van der Waals surface area contributed by atoms with Crippen LogP contribution in [0.4, 0.5) is 0 Å². The van der Waals surface area contributed by atoms with E-state index in [0.29, 0.717) is 37.9 Å². The molecule has 2 rings (SSSR count). The minimum atomic E-state index is -0.319. The fourth-order valence-corrected chi connectivity index (χ4v) is 4.13. The summed E-state index contributed by atoms with van der Waals surface area (Å²) in [5.41, 5.74) is 0. The monoisotopic (exact) mass is 384 g/mol. The van der Waals surface area contributed by atoms with Crippen LogP contribution in [0.2, 0.25) is 0 Å². The predicted molar refractivity (Wildman–Crippen MR) is 101 cm³/mol. The first kappa shape index (κ1) is 22.2. The Balaban J connectivity index is 1.43. The van der Waals surface area contributed by atoms with E-state index in [0.717, 1.165) is 70.6 Å². The minimum Gasteiger partial charge on any atom is -0.466 e. The molecule has 0 spiro atoms. The van der Waals surface area contributed by atoms with Crippen molar-refractivity contribution >= 4 is 11.9 Å². The lowest BCUT2D eigenvalue weighted by molar-refractivity contribution is -0.150. The lowest BCUT2D eigenvalue weighted by Crippen LogP contribution is -2.21. The molecule has 0 aliphatic carbocycles. The van der Waals surface area contributed by atoms with Gasteiger partial charge in [0.15, 0.2) is 0 Å². The van der Waals surface area contributed by atoms with Gasteiger partial charge in [0.2, 0.25) is 0 Å². The number of rotatable bonds is 12. The van der Waals surface area contributed by atoms with Gasteiger partial charge in [0.25, 0.3) is 0 Å². The van der Waals surface area contributed by atoms with Gasteiger partial charge in [0.05, 0.1) is 25.4 Å². The maximum atomic E-state index is 11.2. The fourth-order valence-electron chi connectivity index (χ4n) is 4.13. The predicted octanol–water partition coefficient (Wildman–Crippen LogP) is 3.13. The fraction of sp³-hybridized carbons (Fsp3) is 0.905. The summed E-state index contributed by atoms with van der Waals surface area (Å²) >= 11 is 0. The first-order chi connectivity index (χ1) is 13.0. The average Bonchev–Trinajstić information content (AvgIpc) is 2.62. The van der Waals surface area contributed by atoms with Crippen LogP contribution in [0.1, 0.15) is 83.5 Å². The quantitative estimate of drug-likeness (QED) is 0.502. The molecule has 2 fully saturated rings. The van der Waals surface area contributed by atoms with Crippen LogP contribution in [-0.2, 0) is 19.1 Å². The lowest BCUT2D eigenvalue weighted by Gasteiger charge is -2.22. The topological polar surface area (TPSA) is 93.1 Å². The van der Waals surface area contributed by atoms with Crippen molar-refractivity contribution in [1.82, 2.24) is 0 Å². The summed E-state index contributed by atoms with van der Waals surface area (Å²) in [6, 6.07) is 0. The number of ether oxygens (including phenoxy) is 2. The number of cyclic esters (lactones) is 2. The zero-order chi connectivity index (χ0) is 19.5. The second-order valence-corrected chi connectivity index (χ2v) is 8.26. The van der Waals surface area contributed by atoms with Crippen LogP contribution in [0.3, 0.4) is 0 Å². The van der Waals surface area contributed by atoms with Gasteiger partial charge in [0.1, 0.15) is 0 Å². The molecule has 0 radical (unpaired) electrons. The third-order valence-electron chi connectivity index (χ3n) is 5.86. The smallest absolute Gasteiger partial charge is 0.306 e. The Labute approximate surface area is 162 Å². The normalized spacial score (nSPS) is 25.6. The molecular formula is C21H36O6. The molecule has 4 unspecified atom stereocenters. The third-order valence-corrected chi connectivity index (χ3v) is 5.86. The van der Waals surface area contributed by atoms with Gasteiger partial charge in [-0.15, -0.1) is 0 Å². The second kappa shape index (κ2) is 12.3. The van der Waals surface area contributed by atoms with E-state index in [1.54, 1.807) is 0 Å². The highest BCUT2D eigenvalue weighted by molar-refractivity contribution is 5.70. The van der Waals surface area contributed by atoms with Crippen LogP contribution in [0.25, 0.3) is 0 Å². The molecule has 156 valence electrons. The Bertz CT molecular complexity index is 412. The molecule has 0 aromatic carbocycles. The number of esters is 2. The molecule has 6 nitrogen and oxygen atoms in total. The molecule has 6 heteroatoms. The van der Waals surface area contributed by atoms with E-state index >= 15 is 0 Å². The van der Waals surface area contributed by atoms with E-state index in [1.165, 1.54) is 0 Å². The molecule has 2 aliphatic rings. The summed E-state index contributed by atoms with van der Waals surface area (Å²) in [5.74, 6) is 0.631. The van der Waals surface area contributed by atoms with Gasteiger partial charge < -0.3 is 19.7 Å². The third kappa shape index (κ3) is 9.56. The molecular weight excluding hydrogens is 348 g/mol. The molecule has 0 aromatic heterocycles. The van der Waals surface area contributed by atoms with E-state index < -0.39 is 0 Å². The van der Waals surface area contributed by atoms with E-state index in [9.17, 15) is 19.8 Å². The van der Waals surface area contributed by atoms with Gasteiger partial charge in [-0.2, -0.15) is 0 Å². The van der Waals surface area contributed by atoms with Gasteiger partial charge in [-0.1, -0.05) is 12.8 Å². The molecule has 4 atom stereocenters. The van der Waals surface area contributed by atoms with Crippen molar-refractivity contribution in [2.75, 3.05) is 13.2 Å². The highest BCUT2D eigenvalue weighted by atomic mass is 16.5. The minimum absolute atomic E-state index is 0.0933. The van der Waals surface area contributed by atoms with Crippen molar-refractivity contribution in [2.24, 2.45) is 11.8 Å². The van der Waals surface area contributed by atoms with Gasteiger partial charge in [-0.25, -0.2) is 0 Å². The van der Waals surface area contributed by atoms with Crippen molar-refractivity contribution in [1.29, 1.82) is 0 Å². The highest BCUT2D eigenvalue weighted by Gasteiger charge is 2.21. The molecule has 0 bridgehead atoms. The summed E-state index contributed by atoms with van der Waals surface area (Å²) in [5, 5.41) is 20.2. The summed E-state index contributed by atoms with van der Waals surface area (Å²) in [4.78, 5) is 22.5. The largest absolute Gasteiger partial charge is 0.466 e. The number of aliphatic hydroxyl groups excluding tert-OH is 2. The maximum absolute atomic E-state index is 11.2. The first-order valence-corrected chi connectivity index (χ1v) is 10.7. The van der Waals surface area contributed by atoms with Crippen LogP contribution >= 0.6 is 0 Å². The zero-order valence-electron chi connectivity index (χ0n) is 16.4. The van der Waals surface area contributed by atoms with Crippen molar-refractivity contribution in [3.05, 3.63) is 0 Å². The summed E-state index contributed by atoms with van der Waals surface area (Å²) in [6.07, 6.45) is 9.90. The maximum Gasteiger partial charge on any atom is 0.306 e. The number of carbonyl (C=O) groups is 2. The van der Waals surface area contributed by atoms with Crippen LogP contribution in [0.5, 0.6) is 0 Å². The summed E-state index contributed by atoms with van der Waals surface area (Å²) in [6.45, 7) is 1.07. The van der Waals surface area contributed by atoms with Gasteiger partial charge in [-0.3, -0.25) is 9.59 Å². The van der Waals surface area contributed by atoms with Crippen molar-refractivity contribution < 1.29 is 29.3 Å². The SMILES string of the molecule is O=C1CC(CCCC(O)CCCC(O)CCCC2CCOC(=O)C2)CCO1.